The number of carbonyl (C=O) groups excluding carboxylic acids is 1. The molecule has 4 nitrogen and oxygen atoms in total. The number of ether oxygens (including phenoxy) is 1. The van der Waals surface area contributed by atoms with E-state index < -0.39 is 18.4 Å². The van der Waals surface area contributed by atoms with Gasteiger partial charge in [0.1, 0.15) is 6.17 Å². The summed E-state index contributed by atoms with van der Waals surface area (Å²) in [5.74, 6) is -0.289. The van der Waals surface area contributed by atoms with Crippen molar-refractivity contribution in [2.75, 3.05) is 0 Å². The molecule has 0 spiro atoms. The van der Waals surface area contributed by atoms with Crippen LogP contribution in [0.3, 0.4) is 0 Å². The van der Waals surface area contributed by atoms with Crippen LogP contribution in [0, 0.1) is 17.8 Å². The third-order valence-corrected chi connectivity index (χ3v) is 6.35. The van der Waals surface area contributed by atoms with Crippen LogP contribution in [0.15, 0.2) is 49.1 Å². The van der Waals surface area contributed by atoms with Crippen LogP contribution in [-0.2, 0) is 22.4 Å². The SMILES string of the molecule is C=CCCCC(=O)OC(C)C.C[C@@H]1[C@@H](/C=C/[C@H](O)C2Cc3ccccc3C2)[C@@H](F)C[C@@H]1O. The van der Waals surface area contributed by atoms with Crippen LogP contribution in [0.1, 0.15) is 57.6 Å². The summed E-state index contributed by atoms with van der Waals surface area (Å²) >= 11 is 0. The standard InChI is InChI=1S/C18H23FO2.C9H16O2/c1-11-15(16(19)10-18(11)21)6-7-17(20)14-8-12-4-2-3-5-13(12)9-14;1-4-5-6-7-9(10)11-8(2)3/h2-7,11,14-18,20-21H,8-10H2,1H3;4,8H,1,5-7H2,2-3H3/b7-6+;/t11-,15-,16+,17+,18+;/m1./s1. The molecular weight excluding hydrogens is 407 g/mol. The number of rotatable bonds is 8. The van der Waals surface area contributed by atoms with Crippen molar-refractivity contribution in [3.05, 3.63) is 60.2 Å². The van der Waals surface area contributed by atoms with Crippen LogP contribution in [0.25, 0.3) is 0 Å². The van der Waals surface area contributed by atoms with E-state index in [2.05, 4.69) is 18.7 Å². The highest BCUT2D eigenvalue weighted by Gasteiger charge is 2.38. The normalized spacial score (nSPS) is 26.0. The highest BCUT2D eigenvalue weighted by atomic mass is 19.1. The zero-order chi connectivity index (χ0) is 23.7. The quantitative estimate of drug-likeness (QED) is 0.336. The monoisotopic (exact) mass is 446 g/mol. The van der Waals surface area contributed by atoms with Gasteiger partial charge in [0.25, 0.3) is 0 Å². The van der Waals surface area contributed by atoms with Crippen molar-refractivity contribution in [3.63, 3.8) is 0 Å². The van der Waals surface area contributed by atoms with Crippen LogP contribution >= 0.6 is 0 Å². The van der Waals surface area contributed by atoms with Gasteiger partial charge in [-0.05, 0) is 62.5 Å². The molecule has 3 rings (SSSR count). The first-order chi connectivity index (χ1) is 15.2. The number of alkyl halides is 1. The van der Waals surface area contributed by atoms with Crippen LogP contribution in [0.5, 0.6) is 0 Å². The lowest BCUT2D eigenvalue weighted by Gasteiger charge is -2.17. The lowest BCUT2D eigenvalue weighted by Crippen LogP contribution is -2.20. The molecular formula is C27H39FO4. The van der Waals surface area contributed by atoms with E-state index in [4.69, 9.17) is 4.74 Å². The van der Waals surface area contributed by atoms with Gasteiger partial charge in [0.2, 0.25) is 0 Å². The Labute approximate surface area is 192 Å². The molecule has 178 valence electrons. The van der Waals surface area contributed by atoms with Gasteiger partial charge in [-0.1, -0.05) is 49.4 Å². The van der Waals surface area contributed by atoms with E-state index >= 15 is 0 Å². The molecule has 1 aromatic carbocycles. The van der Waals surface area contributed by atoms with Crippen molar-refractivity contribution >= 4 is 5.97 Å². The molecule has 2 aliphatic carbocycles. The third-order valence-electron chi connectivity index (χ3n) is 6.35. The van der Waals surface area contributed by atoms with Crippen LogP contribution in [0.4, 0.5) is 4.39 Å². The molecule has 0 amide bonds. The minimum absolute atomic E-state index is 0.00577. The molecule has 1 aromatic rings. The second-order valence-corrected chi connectivity index (χ2v) is 9.29. The van der Waals surface area contributed by atoms with E-state index in [1.165, 1.54) is 11.1 Å². The fourth-order valence-corrected chi connectivity index (χ4v) is 4.43. The third kappa shape index (κ3) is 7.86. The summed E-state index contributed by atoms with van der Waals surface area (Å²) in [5, 5.41) is 20.0. The van der Waals surface area contributed by atoms with E-state index in [0.29, 0.717) is 6.42 Å². The van der Waals surface area contributed by atoms with Gasteiger partial charge in [0, 0.05) is 18.8 Å². The first kappa shape index (κ1) is 26.3. The second kappa shape index (κ2) is 12.9. The molecule has 0 radical (unpaired) electrons. The van der Waals surface area contributed by atoms with Crippen molar-refractivity contribution in [2.24, 2.45) is 17.8 Å². The topological polar surface area (TPSA) is 66.8 Å². The maximum Gasteiger partial charge on any atom is 0.306 e. The lowest BCUT2D eigenvalue weighted by molar-refractivity contribution is -0.147. The Bertz CT molecular complexity index is 735. The summed E-state index contributed by atoms with van der Waals surface area (Å²) in [6.45, 7) is 9.14. The smallest absolute Gasteiger partial charge is 0.306 e. The summed E-state index contributed by atoms with van der Waals surface area (Å²) < 4.78 is 18.8. The molecule has 0 unspecified atom stereocenters. The highest BCUT2D eigenvalue weighted by Crippen LogP contribution is 2.36. The van der Waals surface area contributed by atoms with Crippen LogP contribution in [-0.4, -0.2) is 40.7 Å². The first-order valence-electron chi connectivity index (χ1n) is 11.8. The van der Waals surface area contributed by atoms with Gasteiger partial charge < -0.3 is 14.9 Å². The number of fused-ring (bicyclic) bond motifs is 1. The Morgan fingerprint density at radius 2 is 1.91 bits per heavy atom. The maximum absolute atomic E-state index is 13.8. The number of hydrogen-bond acceptors (Lipinski definition) is 4. The van der Waals surface area contributed by atoms with E-state index in [0.717, 1.165) is 25.7 Å². The molecule has 5 heteroatoms. The second-order valence-electron chi connectivity index (χ2n) is 9.29. The molecule has 2 N–H and O–H groups in total. The summed E-state index contributed by atoms with van der Waals surface area (Å²) in [7, 11) is 0. The Morgan fingerprint density at radius 3 is 2.41 bits per heavy atom. The van der Waals surface area contributed by atoms with Crippen molar-refractivity contribution in [3.8, 4) is 0 Å². The van der Waals surface area contributed by atoms with E-state index in [-0.39, 0.29) is 36.2 Å². The van der Waals surface area contributed by atoms with E-state index in [1.54, 1.807) is 12.2 Å². The maximum atomic E-state index is 13.8. The number of unbranched alkanes of at least 4 members (excludes halogenated alkanes) is 1. The fraction of sp³-hybridized carbons (Fsp3) is 0.593. The average molecular weight is 447 g/mol. The van der Waals surface area contributed by atoms with Gasteiger partial charge in [-0.2, -0.15) is 0 Å². The summed E-state index contributed by atoms with van der Waals surface area (Å²) in [4.78, 5) is 10.9. The van der Waals surface area contributed by atoms with Gasteiger partial charge in [0.15, 0.2) is 0 Å². The van der Waals surface area contributed by atoms with Crippen LogP contribution in [0.2, 0.25) is 0 Å². The average Bonchev–Trinajstić information content (AvgIpc) is 3.27. The summed E-state index contributed by atoms with van der Waals surface area (Å²) in [6.07, 6.45) is 7.41. The molecule has 1 saturated carbocycles. The Balaban J connectivity index is 0.000000282. The van der Waals surface area contributed by atoms with Gasteiger partial charge in [0.05, 0.1) is 18.3 Å². The Morgan fingerprint density at radius 1 is 1.28 bits per heavy atom. The van der Waals surface area contributed by atoms with Crippen molar-refractivity contribution in [1.82, 2.24) is 0 Å². The van der Waals surface area contributed by atoms with Crippen molar-refractivity contribution < 1.29 is 24.1 Å². The number of aliphatic hydroxyl groups is 2. The van der Waals surface area contributed by atoms with Gasteiger partial charge in [-0.15, -0.1) is 6.58 Å². The summed E-state index contributed by atoms with van der Waals surface area (Å²) in [6, 6.07) is 8.27. The number of carbonyl (C=O) groups is 1. The zero-order valence-electron chi connectivity index (χ0n) is 19.6. The molecule has 0 bridgehead atoms. The zero-order valence-corrected chi connectivity index (χ0v) is 19.6. The lowest BCUT2D eigenvalue weighted by atomic mass is 9.92. The summed E-state index contributed by atoms with van der Waals surface area (Å²) in [5.41, 5.74) is 2.62. The van der Waals surface area contributed by atoms with Gasteiger partial charge >= 0.3 is 5.97 Å². The number of esters is 1. The largest absolute Gasteiger partial charge is 0.463 e. The van der Waals surface area contributed by atoms with Gasteiger partial charge in [-0.25, -0.2) is 4.39 Å². The molecule has 0 heterocycles. The first-order valence-corrected chi connectivity index (χ1v) is 11.8. The van der Waals surface area contributed by atoms with E-state index in [1.807, 2.05) is 39.0 Å². The number of hydrogen-bond donors (Lipinski definition) is 2. The molecule has 0 saturated heterocycles. The predicted octanol–water partition coefficient (Wildman–Crippen LogP) is 4.97. The Hall–Kier alpha value is -1.98. The van der Waals surface area contributed by atoms with Gasteiger partial charge in [-0.3, -0.25) is 4.79 Å². The molecule has 5 atom stereocenters. The van der Waals surface area contributed by atoms with E-state index in [9.17, 15) is 19.4 Å². The predicted molar refractivity (Wildman–Crippen MR) is 126 cm³/mol. The van der Waals surface area contributed by atoms with Crippen molar-refractivity contribution in [1.29, 1.82) is 0 Å². The molecule has 2 aliphatic rings. The number of aliphatic hydroxyl groups excluding tert-OH is 2. The minimum Gasteiger partial charge on any atom is -0.463 e. The van der Waals surface area contributed by atoms with Crippen LogP contribution < -0.4 is 0 Å². The molecule has 32 heavy (non-hydrogen) atoms. The molecule has 0 aromatic heterocycles. The molecule has 1 fully saturated rings. The Kier molecular flexibility index (Phi) is 10.6. The fourth-order valence-electron chi connectivity index (χ4n) is 4.43. The molecule has 0 aliphatic heterocycles. The van der Waals surface area contributed by atoms with Crippen molar-refractivity contribution in [2.45, 2.75) is 83.8 Å². The minimum atomic E-state index is -1.00. The number of halogens is 1. The number of benzene rings is 1. The highest BCUT2D eigenvalue weighted by molar-refractivity contribution is 5.69. The number of allylic oxidation sites excluding steroid dienone is 2.